The van der Waals surface area contributed by atoms with Gasteiger partial charge in [0.1, 0.15) is 23.3 Å². The number of ether oxygens (including phenoxy) is 2. The second-order valence-electron chi connectivity index (χ2n) is 11.9. The number of β-lactam (4-membered cyclic amide) rings is 1. The van der Waals surface area contributed by atoms with Gasteiger partial charge >= 0.3 is 12.1 Å². The highest BCUT2D eigenvalue weighted by molar-refractivity contribution is 6.01. The van der Waals surface area contributed by atoms with Gasteiger partial charge in [-0.15, -0.1) is 0 Å². The highest BCUT2D eigenvalue weighted by Crippen LogP contribution is 2.55. The Hall–Kier alpha value is -4.13. The van der Waals surface area contributed by atoms with Crippen LogP contribution in [0.4, 0.5) is 4.79 Å². The average molecular weight is 541 g/mol. The Bertz CT molecular complexity index is 1390. The standard InChI is InChI=1S/C33H36N2O5/c1-31(2,3)40-29(37)32(4,21-23-15-9-6-10-16-23)35-27(25-19-13-8-14-20-25)33(5,28(35)36)34-26(22-39-30(34)38)24-17-11-7-12-18-24/h6-20,26-27H,21-22H2,1-5H3/t26-,27-,32-,33-/m1/s1. The Balaban J connectivity index is 1.64. The first-order chi connectivity index (χ1) is 19.0. The summed E-state index contributed by atoms with van der Waals surface area (Å²) in [5.74, 6) is -0.825. The normalized spacial score (nSPS) is 24.2. The Labute approximate surface area is 235 Å². The molecule has 0 radical (unpaired) electrons. The van der Waals surface area contributed by atoms with Gasteiger partial charge in [-0.2, -0.15) is 0 Å². The summed E-state index contributed by atoms with van der Waals surface area (Å²) in [5, 5.41) is 0. The van der Waals surface area contributed by atoms with Crippen LogP contribution in [0.2, 0.25) is 0 Å². The molecular formula is C33H36N2O5. The first-order valence-corrected chi connectivity index (χ1v) is 13.6. The average Bonchev–Trinajstić information content (AvgIpc) is 3.32. The predicted octanol–water partition coefficient (Wildman–Crippen LogP) is 5.87. The fourth-order valence-corrected chi connectivity index (χ4v) is 6.01. The fourth-order valence-electron chi connectivity index (χ4n) is 6.01. The molecule has 0 aliphatic carbocycles. The lowest BCUT2D eigenvalue weighted by Crippen LogP contribution is -2.80. The fraction of sp³-hybridized carbons (Fsp3) is 0.364. The lowest BCUT2D eigenvalue weighted by Gasteiger charge is -2.62. The molecule has 3 aromatic carbocycles. The largest absolute Gasteiger partial charge is 0.458 e. The highest BCUT2D eigenvalue weighted by Gasteiger charge is 2.70. The molecule has 0 saturated carbocycles. The molecule has 2 amide bonds. The molecule has 2 saturated heterocycles. The minimum Gasteiger partial charge on any atom is -0.458 e. The lowest BCUT2D eigenvalue weighted by atomic mass is 9.70. The van der Waals surface area contributed by atoms with Crippen molar-refractivity contribution in [3.8, 4) is 0 Å². The molecule has 0 spiro atoms. The molecule has 0 unspecified atom stereocenters. The maximum absolute atomic E-state index is 14.6. The number of cyclic esters (lactones) is 1. The number of likely N-dealkylation sites (tertiary alicyclic amines) is 1. The SMILES string of the molecule is CC(C)(C)OC(=O)[C@@](C)(Cc1ccccc1)N1C(=O)[C@](C)(N2C(=O)OC[C@@H]2c2ccccc2)[C@H]1c1ccccc1. The van der Waals surface area contributed by atoms with Gasteiger partial charge in [0.25, 0.3) is 5.91 Å². The molecule has 5 rings (SSSR count). The number of benzene rings is 3. The van der Waals surface area contributed by atoms with E-state index in [1.165, 1.54) is 0 Å². The molecular weight excluding hydrogens is 504 g/mol. The molecule has 208 valence electrons. The second-order valence-corrected chi connectivity index (χ2v) is 11.9. The van der Waals surface area contributed by atoms with Crippen molar-refractivity contribution in [2.75, 3.05) is 6.61 Å². The van der Waals surface area contributed by atoms with Crippen LogP contribution in [0.25, 0.3) is 0 Å². The van der Waals surface area contributed by atoms with Gasteiger partial charge in [-0.05, 0) is 51.3 Å². The zero-order valence-electron chi connectivity index (χ0n) is 23.7. The number of amides is 2. The zero-order valence-corrected chi connectivity index (χ0v) is 23.7. The summed E-state index contributed by atoms with van der Waals surface area (Å²) in [6.07, 6.45) is -0.298. The molecule has 2 aliphatic rings. The summed E-state index contributed by atoms with van der Waals surface area (Å²) < 4.78 is 11.5. The smallest absolute Gasteiger partial charge is 0.411 e. The molecule has 2 heterocycles. The maximum atomic E-state index is 14.6. The van der Waals surface area contributed by atoms with Crippen molar-refractivity contribution < 1.29 is 23.9 Å². The lowest BCUT2D eigenvalue weighted by molar-refractivity contribution is -0.201. The number of hydrogen-bond acceptors (Lipinski definition) is 5. The van der Waals surface area contributed by atoms with Crippen LogP contribution in [-0.4, -0.2) is 51.1 Å². The third-order valence-corrected chi connectivity index (χ3v) is 7.88. The van der Waals surface area contributed by atoms with E-state index >= 15 is 0 Å². The van der Waals surface area contributed by atoms with Crippen molar-refractivity contribution in [1.82, 2.24) is 9.80 Å². The van der Waals surface area contributed by atoms with Crippen molar-refractivity contribution >= 4 is 18.0 Å². The van der Waals surface area contributed by atoms with Gasteiger partial charge < -0.3 is 14.4 Å². The summed E-state index contributed by atoms with van der Waals surface area (Å²) in [6.45, 7) is 9.13. The van der Waals surface area contributed by atoms with Gasteiger partial charge in [-0.25, -0.2) is 9.59 Å². The first kappa shape index (κ1) is 27.4. The van der Waals surface area contributed by atoms with Crippen LogP contribution in [0.3, 0.4) is 0 Å². The topological polar surface area (TPSA) is 76.2 Å². The van der Waals surface area contributed by atoms with E-state index in [-0.39, 0.29) is 18.9 Å². The van der Waals surface area contributed by atoms with Gasteiger partial charge in [0.05, 0.1) is 12.1 Å². The van der Waals surface area contributed by atoms with Crippen LogP contribution < -0.4 is 0 Å². The molecule has 4 atom stereocenters. The van der Waals surface area contributed by atoms with Crippen molar-refractivity contribution in [3.05, 3.63) is 108 Å². The molecule has 7 nitrogen and oxygen atoms in total. The van der Waals surface area contributed by atoms with Crippen molar-refractivity contribution in [2.45, 2.75) is 69.8 Å². The van der Waals surface area contributed by atoms with Crippen LogP contribution >= 0.6 is 0 Å². The van der Waals surface area contributed by atoms with Crippen molar-refractivity contribution in [2.24, 2.45) is 0 Å². The summed E-state index contributed by atoms with van der Waals surface area (Å²) in [7, 11) is 0. The van der Waals surface area contributed by atoms with Gasteiger partial charge in [0.2, 0.25) is 0 Å². The summed E-state index contributed by atoms with van der Waals surface area (Å²) >= 11 is 0. The Morgan fingerprint density at radius 3 is 1.95 bits per heavy atom. The highest BCUT2D eigenvalue weighted by atomic mass is 16.6. The third-order valence-electron chi connectivity index (χ3n) is 7.88. The number of esters is 1. The minimum absolute atomic E-state index is 0.139. The second kappa shape index (κ2) is 10.1. The summed E-state index contributed by atoms with van der Waals surface area (Å²) in [4.78, 5) is 45.1. The van der Waals surface area contributed by atoms with E-state index in [0.29, 0.717) is 0 Å². The molecule has 2 fully saturated rings. The van der Waals surface area contributed by atoms with Crippen LogP contribution in [0, 0.1) is 0 Å². The molecule has 7 heteroatoms. The van der Waals surface area contributed by atoms with Gasteiger partial charge in [-0.3, -0.25) is 9.69 Å². The van der Waals surface area contributed by atoms with Crippen LogP contribution in [0.1, 0.15) is 63.4 Å². The molecule has 3 aromatic rings. The van der Waals surface area contributed by atoms with E-state index in [2.05, 4.69) is 0 Å². The van der Waals surface area contributed by atoms with Gasteiger partial charge in [0, 0.05) is 6.42 Å². The maximum Gasteiger partial charge on any atom is 0.411 e. The number of rotatable bonds is 7. The number of hydrogen-bond donors (Lipinski definition) is 0. The number of carbonyl (C=O) groups is 3. The Morgan fingerprint density at radius 1 is 0.875 bits per heavy atom. The first-order valence-electron chi connectivity index (χ1n) is 13.6. The van der Waals surface area contributed by atoms with E-state index in [0.717, 1.165) is 16.7 Å². The molecule has 2 aliphatic heterocycles. The summed E-state index contributed by atoms with van der Waals surface area (Å²) in [5.41, 5.74) is -0.809. The van der Waals surface area contributed by atoms with Crippen LogP contribution in [-0.2, 0) is 25.5 Å². The van der Waals surface area contributed by atoms with Crippen LogP contribution in [0.15, 0.2) is 91.0 Å². The van der Waals surface area contributed by atoms with Crippen LogP contribution in [0.5, 0.6) is 0 Å². The van der Waals surface area contributed by atoms with E-state index in [4.69, 9.17) is 9.47 Å². The monoisotopic (exact) mass is 540 g/mol. The van der Waals surface area contributed by atoms with E-state index < -0.39 is 40.8 Å². The molecule has 0 N–H and O–H groups in total. The molecule has 0 aromatic heterocycles. The van der Waals surface area contributed by atoms with Crippen molar-refractivity contribution in [3.63, 3.8) is 0 Å². The number of nitrogens with zero attached hydrogens (tertiary/aromatic N) is 2. The molecule has 0 bridgehead atoms. The van der Waals surface area contributed by atoms with Gasteiger partial charge in [0.15, 0.2) is 0 Å². The number of carbonyl (C=O) groups excluding carboxylic acids is 3. The summed E-state index contributed by atoms with van der Waals surface area (Å²) in [6, 6.07) is 27.7. The Kier molecular flexibility index (Phi) is 6.94. The predicted molar refractivity (Wildman–Crippen MR) is 151 cm³/mol. The van der Waals surface area contributed by atoms with E-state index in [9.17, 15) is 14.4 Å². The van der Waals surface area contributed by atoms with Gasteiger partial charge in [-0.1, -0.05) is 91.0 Å². The van der Waals surface area contributed by atoms with Crippen molar-refractivity contribution in [1.29, 1.82) is 0 Å². The van der Waals surface area contributed by atoms with E-state index in [1.54, 1.807) is 23.6 Å². The quantitative estimate of drug-likeness (QED) is 0.277. The van der Waals surface area contributed by atoms with E-state index in [1.807, 2.05) is 112 Å². The third kappa shape index (κ3) is 4.63. The zero-order chi connectivity index (χ0) is 28.7. The Morgan fingerprint density at radius 2 is 1.40 bits per heavy atom. The molecule has 40 heavy (non-hydrogen) atoms. The minimum atomic E-state index is -1.35.